The van der Waals surface area contributed by atoms with Gasteiger partial charge in [-0.2, -0.15) is 0 Å². The monoisotopic (exact) mass is 421 g/mol. The normalized spacial score (nSPS) is 39.7. The van der Waals surface area contributed by atoms with Crippen molar-refractivity contribution in [2.24, 2.45) is 28.6 Å². The average molecular weight is 422 g/mol. The molecule has 0 radical (unpaired) electrons. The second-order valence-electron chi connectivity index (χ2n) is 10.8. The molecular formula is C26H31NO2S. The fourth-order valence-electron chi connectivity index (χ4n) is 7.98. The van der Waals surface area contributed by atoms with Gasteiger partial charge in [0.25, 0.3) is 0 Å². The summed E-state index contributed by atoms with van der Waals surface area (Å²) in [5, 5.41) is 11.0. The number of rotatable bonds is 1. The highest BCUT2D eigenvalue weighted by Gasteiger charge is 2.60. The van der Waals surface area contributed by atoms with Crippen LogP contribution in [-0.2, 0) is 11.2 Å². The predicted molar refractivity (Wildman–Crippen MR) is 120 cm³/mol. The molecule has 3 saturated carbocycles. The van der Waals surface area contributed by atoms with Gasteiger partial charge in [0.2, 0.25) is 0 Å². The Kier molecular flexibility index (Phi) is 4.07. The first-order chi connectivity index (χ1) is 14.4. The predicted octanol–water partition coefficient (Wildman–Crippen LogP) is 6.36. The Hall–Kier alpha value is -1.68. The van der Waals surface area contributed by atoms with Crippen LogP contribution in [0.5, 0.6) is 5.75 Å². The molecule has 0 unspecified atom stereocenters. The van der Waals surface area contributed by atoms with Gasteiger partial charge < -0.3 is 5.11 Å². The highest BCUT2D eigenvalue weighted by atomic mass is 32.1. The molecule has 0 aliphatic heterocycles. The van der Waals surface area contributed by atoms with Crippen LogP contribution in [0.15, 0.2) is 24.3 Å². The van der Waals surface area contributed by atoms with Crippen LogP contribution in [0.4, 0.5) is 0 Å². The minimum absolute atomic E-state index is 0.0306. The van der Waals surface area contributed by atoms with Gasteiger partial charge in [-0.05, 0) is 80.2 Å². The number of hydrogen-bond acceptors (Lipinski definition) is 4. The zero-order chi connectivity index (χ0) is 20.7. The molecule has 1 aromatic carbocycles. The van der Waals surface area contributed by atoms with Crippen LogP contribution in [-0.4, -0.2) is 15.9 Å². The summed E-state index contributed by atoms with van der Waals surface area (Å²) in [6.45, 7) is 4.84. The van der Waals surface area contributed by atoms with Gasteiger partial charge in [0.1, 0.15) is 16.5 Å². The Balaban J connectivity index is 1.35. The van der Waals surface area contributed by atoms with Gasteiger partial charge in [-0.15, -0.1) is 11.3 Å². The van der Waals surface area contributed by atoms with Crippen molar-refractivity contribution in [2.75, 3.05) is 0 Å². The van der Waals surface area contributed by atoms with E-state index < -0.39 is 0 Å². The number of phenols is 1. The van der Waals surface area contributed by atoms with E-state index in [9.17, 15) is 9.90 Å². The third-order valence-corrected chi connectivity index (χ3v) is 10.9. The van der Waals surface area contributed by atoms with Gasteiger partial charge >= 0.3 is 0 Å². The number of aromatic nitrogens is 1. The van der Waals surface area contributed by atoms with E-state index in [-0.39, 0.29) is 5.41 Å². The summed E-state index contributed by atoms with van der Waals surface area (Å²) < 4.78 is 0. The summed E-state index contributed by atoms with van der Waals surface area (Å²) in [6, 6.07) is 7.51. The molecule has 6 atom stereocenters. The number of thiazole rings is 1. The molecule has 1 N–H and O–H groups in total. The molecule has 1 aromatic heterocycles. The lowest BCUT2D eigenvalue weighted by molar-refractivity contribution is -0.134. The number of phenolic OH excluding ortho intramolecular Hbond substituents is 1. The molecule has 1 heterocycles. The Morgan fingerprint density at radius 3 is 2.77 bits per heavy atom. The van der Waals surface area contributed by atoms with E-state index >= 15 is 0 Å². The largest absolute Gasteiger partial charge is 0.508 e. The van der Waals surface area contributed by atoms with E-state index in [1.165, 1.54) is 36.3 Å². The van der Waals surface area contributed by atoms with E-state index in [4.69, 9.17) is 4.98 Å². The Labute approximate surface area is 182 Å². The molecule has 0 saturated heterocycles. The molecule has 2 aromatic rings. The van der Waals surface area contributed by atoms with Gasteiger partial charge in [-0.25, -0.2) is 4.98 Å². The topological polar surface area (TPSA) is 50.2 Å². The second-order valence-corrected chi connectivity index (χ2v) is 11.8. The third-order valence-electron chi connectivity index (χ3n) is 9.62. The molecule has 30 heavy (non-hydrogen) atoms. The smallest absolute Gasteiger partial charge is 0.139 e. The number of ketones is 1. The zero-order valence-corrected chi connectivity index (χ0v) is 18.8. The molecule has 4 aliphatic rings. The number of benzene rings is 1. The first kappa shape index (κ1) is 19.0. The third kappa shape index (κ3) is 2.49. The standard InChI is InChI=1S/C26H31NO2S/c1-25-13-11-21-23(30-24(27-21)15-4-3-5-16(28)14-15)20(25)7-6-17-18-8-9-22(29)26(18,2)12-10-19(17)25/h3-5,14,17-20,28H,6-13H2,1-2H3/t17-,18-,19-,20-,25+,26-/m0/s1. The van der Waals surface area contributed by atoms with Crippen molar-refractivity contribution in [2.45, 2.75) is 71.1 Å². The van der Waals surface area contributed by atoms with Crippen LogP contribution < -0.4 is 0 Å². The fourth-order valence-corrected chi connectivity index (χ4v) is 9.39. The van der Waals surface area contributed by atoms with Crippen molar-refractivity contribution in [3.8, 4) is 16.3 Å². The summed E-state index contributed by atoms with van der Waals surface area (Å²) in [6.07, 6.45) is 9.09. The molecule has 3 fully saturated rings. The highest BCUT2D eigenvalue weighted by molar-refractivity contribution is 7.15. The first-order valence-electron chi connectivity index (χ1n) is 11.7. The minimum Gasteiger partial charge on any atom is -0.508 e. The maximum atomic E-state index is 12.7. The lowest BCUT2D eigenvalue weighted by atomic mass is 9.46. The number of carbonyl (C=O) groups is 1. The van der Waals surface area contributed by atoms with Crippen LogP contribution in [0.1, 0.15) is 75.3 Å². The zero-order valence-electron chi connectivity index (χ0n) is 18.0. The molecule has 6 rings (SSSR count). The van der Waals surface area contributed by atoms with E-state index in [2.05, 4.69) is 19.9 Å². The lowest BCUT2D eigenvalue weighted by Gasteiger charge is -2.59. The SMILES string of the molecule is C[C@]12CCc3nc(-c4cccc(O)c4)sc3[C@@H]1CC[C@@H]1[C@@H]2CC[C@]2(C)C(=O)CC[C@@H]12. The molecule has 4 aliphatic carbocycles. The number of aromatic hydroxyl groups is 1. The van der Waals surface area contributed by atoms with E-state index in [0.29, 0.717) is 28.8 Å². The maximum Gasteiger partial charge on any atom is 0.139 e. The summed E-state index contributed by atoms with van der Waals surface area (Å²) in [5.41, 5.74) is 2.64. The van der Waals surface area contributed by atoms with E-state index in [1.54, 1.807) is 6.07 Å². The van der Waals surface area contributed by atoms with E-state index in [0.717, 1.165) is 48.1 Å². The van der Waals surface area contributed by atoms with Gasteiger partial charge in [-0.1, -0.05) is 26.0 Å². The van der Waals surface area contributed by atoms with Crippen molar-refractivity contribution in [1.82, 2.24) is 4.98 Å². The van der Waals surface area contributed by atoms with Gasteiger partial charge in [0, 0.05) is 28.2 Å². The fraction of sp³-hybridized carbons (Fsp3) is 0.615. The number of aryl methyl sites for hydroxylation is 1. The summed E-state index contributed by atoms with van der Waals surface area (Å²) in [4.78, 5) is 19.2. The van der Waals surface area contributed by atoms with Crippen LogP contribution in [0.25, 0.3) is 10.6 Å². The summed E-state index contributed by atoms with van der Waals surface area (Å²) in [5.74, 6) is 3.56. The van der Waals surface area contributed by atoms with Crippen molar-refractivity contribution in [1.29, 1.82) is 0 Å². The number of carbonyl (C=O) groups excluding carboxylic acids is 1. The highest BCUT2D eigenvalue weighted by Crippen LogP contribution is 2.67. The summed E-state index contributed by atoms with van der Waals surface area (Å²) in [7, 11) is 0. The molecule has 0 amide bonds. The molecule has 3 nitrogen and oxygen atoms in total. The summed E-state index contributed by atoms with van der Waals surface area (Å²) >= 11 is 1.86. The lowest BCUT2D eigenvalue weighted by Crippen LogP contribution is -2.52. The molecule has 0 spiro atoms. The van der Waals surface area contributed by atoms with Crippen molar-refractivity contribution in [3.05, 3.63) is 34.8 Å². The molecule has 4 heteroatoms. The van der Waals surface area contributed by atoms with Crippen molar-refractivity contribution in [3.63, 3.8) is 0 Å². The van der Waals surface area contributed by atoms with E-state index in [1.807, 2.05) is 23.5 Å². The van der Waals surface area contributed by atoms with Gasteiger partial charge in [0.15, 0.2) is 0 Å². The Morgan fingerprint density at radius 2 is 1.93 bits per heavy atom. The van der Waals surface area contributed by atoms with Gasteiger partial charge in [0.05, 0.1) is 5.69 Å². The minimum atomic E-state index is -0.0306. The van der Waals surface area contributed by atoms with Crippen LogP contribution in [0.2, 0.25) is 0 Å². The second kappa shape index (κ2) is 6.41. The first-order valence-corrected chi connectivity index (χ1v) is 12.5. The number of fused-ring (bicyclic) bond motifs is 7. The number of Topliss-reactive ketones (excluding diaryl/α,β-unsaturated/α-hetero) is 1. The number of nitrogens with zero attached hydrogens (tertiary/aromatic N) is 1. The average Bonchev–Trinajstić information content (AvgIpc) is 3.29. The van der Waals surface area contributed by atoms with Crippen LogP contribution in [0.3, 0.4) is 0 Å². The maximum absolute atomic E-state index is 12.7. The van der Waals surface area contributed by atoms with Crippen molar-refractivity contribution < 1.29 is 9.90 Å². The molecule has 0 bridgehead atoms. The molecule has 158 valence electrons. The van der Waals surface area contributed by atoms with Crippen LogP contribution >= 0.6 is 11.3 Å². The number of hydrogen-bond donors (Lipinski definition) is 1. The van der Waals surface area contributed by atoms with Gasteiger partial charge in [-0.3, -0.25) is 4.79 Å². The molecular weight excluding hydrogens is 390 g/mol. The Bertz CT molecular complexity index is 1030. The van der Waals surface area contributed by atoms with Crippen LogP contribution in [0, 0.1) is 28.6 Å². The quantitative estimate of drug-likeness (QED) is 0.583. The van der Waals surface area contributed by atoms with Crippen molar-refractivity contribution >= 4 is 17.1 Å². The Morgan fingerprint density at radius 1 is 1.07 bits per heavy atom.